The number of ether oxygens (including phenoxy) is 1. The van der Waals surface area contributed by atoms with E-state index in [1.54, 1.807) is 6.07 Å². The van der Waals surface area contributed by atoms with Gasteiger partial charge in [0.05, 0.1) is 6.61 Å². The van der Waals surface area contributed by atoms with Crippen molar-refractivity contribution >= 4 is 7.60 Å². The van der Waals surface area contributed by atoms with Crippen LogP contribution in [0.1, 0.15) is 102 Å². The third-order valence-corrected chi connectivity index (χ3v) is 9.33. The zero-order chi connectivity index (χ0) is 23.3. The van der Waals surface area contributed by atoms with Crippen molar-refractivity contribution in [2.45, 2.75) is 102 Å². The molecule has 4 saturated carbocycles. The fraction of sp³-hybridized carbons (Fsp3) is 0.778. The molecule has 4 aliphatic carbocycles. The summed E-state index contributed by atoms with van der Waals surface area (Å²) in [5.74, 6) is 2.80. The molecule has 4 fully saturated rings. The van der Waals surface area contributed by atoms with Crippen molar-refractivity contribution < 1.29 is 23.5 Å². The van der Waals surface area contributed by atoms with Crippen molar-refractivity contribution in [3.63, 3.8) is 0 Å². The number of hydrogen-bond acceptors (Lipinski definition) is 2. The van der Waals surface area contributed by atoms with E-state index in [0.717, 1.165) is 62.7 Å². The highest BCUT2D eigenvalue weighted by molar-refractivity contribution is 7.51. The SMILES string of the molecule is O=P(O)(O)CCCCCCCCCCCOc1ccc([C@]23CC4CC(C[C@H](C4)C2)C3)cc1F. The standard InChI is InChI=1S/C27H42FO4P/c28-25-17-24(27-18-21-14-22(19-27)16-23(15-21)20-27)10-11-26(25)32-12-8-6-4-2-1-3-5-7-9-13-33(29,30)31/h10-11,17,21-23H,1-9,12-16,18-20H2,(H2,29,30,31)/t21-,22?,23?,27-. The molecular weight excluding hydrogens is 438 g/mol. The van der Waals surface area contributed by atoms with Crippen molar-refractivity contribution in [1.29, 1.82) is 0 Å². The summed E-state index contributed by atoms with van der Waals surface area (Å²) in [7, 11) is -3.82. The molecule has 6 heteroatoms. The van der Waals surface area contributed by atoms with Crippen LogP contribution in [0.4, 0.5) is 4.39 Å². The Bertz CT molecular complexity index is 785. The lowest BCUT2D eigenvalue weighted by molar-refractivity contribution is -0.00534. The minimum Gasteiger partial charge on any atom is -0.491 e. The van der Waals surface area contributed by atoms with E-state index in [-0.39, 0.29) is 17.4 Å². The molecule has 4 nitrogen and oxygen atoms in total. The summed E-state index contributed by atoms with van der Waals surface area (Å²) in [6, 6.07) is 5.80. The Morgan fingerprint density at radius 3 is 1.88 bits per heavy atom. The molecule has 186 valence electrons. The maximum atomic E-state index is 14.8. The van der Waals surface area contributed by atoms with Crippen LogP contribution in [0.2, 0.25) is 0 Å². The Morgan fingerprint density at radius 2 is 1.36 bits per heavy atom. The van der Waals surface area contributed by atoms with E-state index >= 15 is 0 Å². The Kier molecular flexibility index (Phi) is 8.57. The number of benzene rings is 1. The molecule has 33 heavy (non-hydrogen) atoms. The van der Waals surface area contributed by atoms with Crippen molar-refractivity contribution in [3.05, 3.63) is 29.6 Å². The zero-order valence-corrected chi connectivity index (χ0v) is 20.9. The van der Waals surface area contributed by atoms with Gasteiger partial charge < -0.3 is 14.5 Å². The molecule has 0 heterocycles. The minimum atomic E-state index is -3.82. The van der Waals surface area contributed by atoms with Gasteiger partial charge in [-0.1, -0.05) is 51.0 Å². The summed E-state index contributed by atoms with van der Waals surface area (Å²) in [5.41, 5.74) is 1.45. The molecule has 0 aliphatic heterocycles. The largest absolute Gasteiger partial charge is 0.491 e. The van der Waals surface area contributed by atoms with Gasteiger partial charge in [-0.25, -0.2) is 4.39 Å². The van der Waals surface area contributed by atoms with Crippen LogP contribution >= 0.6 is 7.60 Å². The molecule has 0 radical (unpaired) electrons. The number of hydrogen-bond donors (Lipinski definition) is 2. The molecule has 0 saturated heterocycles. The molecule has 4 aliphatic rings. The molecule has 0 aromatic heterocycles. The van der Waals surface area contributed by atoms with Gasteiger partial charge in [-0.3, -0.25) is 4.57 Å². The second kappa shape index (κ2) is 11.2. The first-order valence-electron chi connectivity index (χ1n) is 13.3. The molecule has 1 aromatic rings. The predicted octanol–water partition coefficient (Wildman–Crippen LogP) is 7.36. The lowest BCUT2D eigenvalue weighted by Crippen LogP contribution is -2.48. The van der Waals surface area contributed by atoms with Crippen LogP contribution in [0.5, 0.6) is 5.75 Å². The van der Waals surface area contributed by atoms with Crippen LogP contribution in [0.15, 0.2) is 18.2 Å². The van der Waals surface area contributed by atoms with E-state index in [0.29, 0.717) is 18.8 Å². The van der Waals surface area contributed by atoms with E-state index in [1.807, 2.05) is 6.07 Å². The van der Waals surface area contributed by atoms with Crippen LogP contribution in [0, 0.1) is 23.6 Å². The molecule has 2 N–H and O–H groups in total. The second-order valence-electron chi connectivity index (χ2n) is 11.3. The van der Waals surface area contributed by atoms with Gasteiger partial charge in [0.25, 0.3) is 0 Å². The third-order valence-electron chi connectivity index (χ3n) is 8.43. The molecule has 1 aromatic carbocycles. The summed E-state index contributed by atoms with van der Waals surface area (Å²) < 4.78 is 31.4. The van der Waals surface area contributed by atoms with Crippen molar-refractivity contribution in [1.82, 2.24) is 0 Å². The molecule has 4 bridgehead atoms. The van der Waals surface area contributed by atoms with Crippen LogP contribution in [0.25, 0.3) is 0 Å². The molecule has 5 rings (SSSR count). The molecule has 0 atom stereocenters. The second-order valence-corrected chi connectivity index (χ2v) is 13.0. The molecule has 0 unspecified atom stereocenters. The van der Waals surface area contributed by atoms with E-state index in [2.05, 4.69) is 6.07 Å². The summed E-state index contributed by atoms with van der Waals surface area (Å²) in [4.78, 5) is 17.7. The fourth-order valence-electron chi connectivity index (χ4n) is 7.25. The molecule has 0 spiro atoms. The van der Waals surface area contributed by atoms with Gasteiger partial charge in [0, 0.05) is 6.16 Å². The van der Waals surface area contributed by atoms with Crippen molar-refractivity contribution in [2.24, 2.45) is 17.8 Å². The smallest absolute Gasteiger partial charge is 0.325 e. The van der Waals surface area contributed by atoms with Gasteiger partial charge >= 0.3 is 7.60 Å². The van der Waals surface area contributed by atoms with Gasteiger partial charge in [0.15, 0.2) is 11.6 Å². The Hall–Kier alpha value is -0.900. The van der Waals surface area contributed by atoms with Gasteiger partial charge in [-0.05, 0) is 92.2 Å². The highest BCUT2D eigenvalue weighted by Crippen LogP contribution is 2.60. The van der Waals surface area contributed by atoms with E-state index in [4.69, 9.17) is 14.5 Å². The Labute approximate surface area is 198 Å². The molecular formula is C27H42FO4P. The number of halogens is 1. The van der Waals surface area contributed by atoms with Gasteiger partial charge in [0.2, 0.25) is 0 Å². The van der Waals surface area contributed by atoms with Gasteiger partial charge in [0.1, 0.15) is 0 Å². The summed E-state index contributed by atoms with van der Waals surface area (Å²) >= 11 is 0. The van der Waals surface area contributed by atoms with Crippen LogP contribution < -0.4 is 4.74 Å². The van der Waals surface area contributed by atoms with Crippen LogP contribution in [-0.4, -0.2) is 22.6 Å². The maximum absolute atomic E-state index is 14.8. The van der Waals surface area contributed by atoms with Gasteiger partial charge in [-0.15, -0.1) is 0 Å². The van der Waals surface area contributed by atoms with Crippen molar-refractivity contribution in [3.8, 4) is 5.75 Å². The minimum absolute atomic E-state index is 0.0125. The Morgan fingerprint density at radius 1 is 0.848 bits per heavy atom. The monoisotopic (exact) mass is 480 g/mol. The quantitative estimate of drug-likeness (QED) is 0.216. The fourth-order valence-corrected chi connectivity index (χ4v) is 7.89. The lowest BCUT2D eigenvalue weighted by Gasteiger charge is -2.57. The third kappa shape index (κ3) is 7.05. The van der Waals surface area contributed by atoms with Gasteiger partial charge in [-0.2, -0.15) is 0 Å². The highest BCUT2D eigenvalue weighted by atomic mass is 31.2. The van der Waals surface area contributed by atoms with Crippen LogP contribution in [-0.2, 0) is 9.98 Å². The number of unbranched alkanes of at least 4 members (excludes halogenated alkanes) is 8. The topological polar surface area (TPSA) is 66.8 Å². The number of rotatable bonds is 14. The zero-order valence-electron chi connectivity index (χ0n) is 20.0. The first-order chi connectivity index (χ1) is 15.8. The van der Waals surface area contributed by atoms with E-state index in [9.17, 15) is 8.96 Å². The van der Waals surface area contributed by atoms with Crippen LogP contribution in [0.3, 0.4) is 0 Å². The first-order valence-corrected chi connectivity index (χ1v) is 15.1. The summed E-state index contributed by atoms with van der Waals surface area (Å²) in [5, 5.41) is 0. The van der Waals surface area contributed by atoms with E-state index < -0.39 is 7.60 Å². The van der Waals surface area contributed by atoms with E-state index in [1.165, 1.54) is 50.5 Å². The molecule has 0 amide bonds. The maximum Gasteiger partial charge on any atom is 0.325 e. The average molecular weight is 481 g/mol. The first kappa shape index (κ1) is 25.2. The lowest BCUT2D eigenvalue weighted by atomic mass is 9.48. The predicted molar refractivity (Wildman–Crippen MR) is 130 cm³/mol. The highest BCUT2D eigenvalue weighted by Gasteiger charge is 2.51. The summed E-state index contributed by atoms with van der Waals surface area (Å²) in [6.45, 7) is 0.565. The average Bonchev–Trinajstić information content (AvgIpc) is 2.73. The van der Waals surface area contributed by atoms with Crippen molar-refractivity contribution in [2.75, 3.05) is 12.8 Å². The Balaban J connectivity index is 1.09. The summed E-state index contributed by atoms with van der Waals surface area (Å²) in [6.07, 6.45) is 17.2. The normalized spacial score (nSPS) is 28.4.